The summed E-state index contributed by atoms with van der Waals surface area (Å²) in [5.74, 6) is 1.31. The Morgan fingerprint density at radius 3 is 2.27 bits per heavy atom. The van der Waals surface area contributed by atoms with Gasteiger partial charge in [-0.1, -0.05) is 41.9 Å². The van der Waals surface area contributed by atoms with Crippen LogP contribution in [0.1, 0.15) is 47.0 Å². The summed E-state index contributed by atoms with van der Waals surface area (Å²) in [5, 5.41) is 0. The van der Waals surface area contributed by atoms with E-state index < -0.39 is 0 Å². The molecule has 2 heteroatoms. The molecule has 0 fully saturated rings. The highest BCUT2D eigenvalue weighted by atomic mass is 33.1. The van der Waals surface area contributed by atoms with Crippen molar-refractivity contribution in [1.29, 1.82) is 0 Å². The summed E-state index contributed by atoms with van der Waals surface area (Å²) in [7, 11) is 4.06. The molecule has 11 heavy (non-hydrogen) atoms. The van der Waals surface area contributed by atoms with Gasteiger partial charge in [0.05, 0.1) is 0 Å². The lowest BCUT2D eigenvalue weighted by atomic mass is 10.1. The van der Waals surface area contributed by atoms with Crippen molar-refractivity contribution in [2.45, 2.75) is 51.7 Å². The Kier molecular flexibility index (Phi) is 6.64. The third-order valence-electron chi connectivity index (χ3n) is 1.72. The Morgan fingerprint density at radius 1 is 1.18 bits per heavy atom. The van der Waals surface area contributed by atoms with Gasteiger partial charge in [0.1, 0.15) is 0 Å². The summed E-state index contributed by atoms with van der Waals surface area (Å²) >= 11 is 0. The van der Waals surface area contributed by atoms with Gasteiger partial charge in [-0.05, 0) is 26.7 Å². The van der Waals surface area contributed by atoms with Gasteiger partial charge in [0.25, 0.3) is 0 Å². The van der Waals surface area contributed by atoms with Crippen molar-refractivity contribution < 1.29 is 0 Å². The van der Waals surface area contributed by atoms with Crippen LogP contribution in [0.25, 0.3) is 0 Å². The van der Waals surface area contributed by atoms with E-state index in [0.717, 1.165) is 0 Å². The molecule has 0 saturated carbocycles. The van der Waals surface area contributed by atoms with Crippen molar-refractivity contribution in [2.24, 2.45) is 0 Å². The summed E-state index contributed by atoms with van der Waals surface area (Å²) in [6.45, 7) is 9.14. The van der Waals surface area contributed by atoms with Gasteiger partial charge in [0, 0.05) is 10.5 Å². The first-order valence-electron chi connectivity index (χ1n) is 4.43. The molecule has 68 valence electrons. The fraction of sp³-hybridized carbons (Fsp3) is 1.00. The van der Waals surface area contributed by atoms with Crippen LogP contribution < -0.4 is 0 Å². The average molecular weight is 192 g/mol. The largest absolute Gasteiger partial charge is 0.0936 e. The SMILES string of the molecule is CCCCSSC(C)(C)CC. The maximum absolute atomic E-state index is 2.32. The Labute approximate surface area is 79.3 Å². The zero-order valence-electron chi connectivity index (χ0n) is 8.14. The highest BCUT2D eigenvalue weighted by Gasteiger charge is 2.14. The second kappa shape index (κ2) is 6.24. The van der Waals surface area contributed by atoms with Gasteiger partial charge in [0.15, 0.2) is 0 Å². The lowest BCUT2D eigenvalue weighted by Crippen LogP contribution is -2.10. The van der Waals surface area contributed by atoms with Crippen LogP contribution in [0.2, 0.25) is 0 Å². The maximum atomic E-state index is 2.32. The molecule has 0 heterocycles. The smallest absolute Gasteiger partial charge is 0.0204 e. The van der Waals surface area contributed by atoms with E-state index in [1.165, 1.54) is 25.0 Å². The molecule has 0 radical (unpaired) electrons. The van der Waals surface area contributed by atoms with E-state index in [-0.39, 0.29) is 0 Å². The van der Waals surface area contributed by atoms with Crippen molar-refractivity contribution in [3.63, 3.8) is 0 Å². The van der Waals surface area contributed by atoms with Crippen molar-refractivity contribution in [2.75, 3.05) is 5.75 Å². The van der Waals surface area contributed by atoms with Gasteiger partial charge in [-0.15, -0.1) is 0 Å². The van der Waals surface area contributed by atoms with Crippen LogP contribution in [0.15, 0.2) is 0 Å². The molecule has 0 aromatic heterocycles. The minimum atomic E-state index is 0.471. The van der Waals surface area contributed by atoms with Crippen LogP contribution in [0, 0.1) is 0 Å². The second-order valence-electron chi connectivity index (χ2n) is 3.37. The van der Waals surface area contributed by atoms with Gasteiger partial charge in [0.2, 0.25) is 0 Å². The van der Waals surface area contributed by atoms with E-state index in [1.54, 1.807) is 0 Å². The normalized spacial score (nSPS) is 12.0. The lowest BCUT2D eigenvalue weighted by molar-refractivity contribution is 0.690. The molecule has 0 nitrogen and oxygen atoms in total. The Balaban J connectivity index is 3.23. The molecule has 0 N–H and O–H groups in total. The van der Waals surface area contributed by atoms with Crippen LogP contribution in [-0.2, 0) is 0 Å². The average Bonchev–Trinajstić information content (AvgIpc) is 1.99. The standard InChI is InChI=1S/C9H20S2/c1-5-7-8-10-11-9(3,4)6-2/h5-8H2,1-4H3. The van der Waals surface area contributed by atoms with E-state index in [2.05, 4.69) is 27.7 Å². The molecular weight excluding hydrogens is 172 g/mol. The van der Waals surface area contributed by atoms with Crippen LogP contribution in [-0.4, -0.2) is 10.5 Å². The number of hydrogen-bond acceptors (Lipinski definition) is 2. The summed E-state index contributed by atoms with van der Waals surface area (Å²) in [5.41, 5.74) is 0. The van der Waals surface area contributed by atoms with E-state index in [0.29, 0.717) is 4.75 Å². The quantitative estimate of drug-likeness (QED) is 0.453. The summed E-state index contributed by atoms with van der Waals surface area (Å²) in [6.07, 6.45) is 3.94. The molecule has 0 aromatic rings. The minimum Gasteiger partial charge on any atom is -0.0936 e. The fourth-order valence-corrected chi connectivity index (χ4v) is 3.30. The van der Waals surface area contributed by atoms with Crippen LogP contribution in [0.4, 0.5) is 0 Å². The van der Waals surface area contributed by atoms with Crippen molar-refractivity contribution in [1.82, 2.24) is 0 Å². The van der Waals surface area contributed by atoms with Crippen molar-refractivity contribution >= 4 is 21.6 Å². The minimum absolute atomic E-state index is 0.471. The Hall–Kier alpha value is 0.700. The number of rotatable bonds is 6. The zero-order valence-corrected chi connectivity index (χ0v) is 9.78. The molecule has 0 aliphatic rings. The summed E-state index contributed by atoms with van der Waals surface area (Å²) in [6, 6.07) is 0. The molecule has 0 amide bonds. The van der Waals surface area contributed by atoms with E-state index in [4.69, 9.17) is 0 Å². The molecule has 0 atom stereocenters. The first kappa shape index (κ1) is 11.7. The van der Waals surface area contributed by atoms with Gasteiger partial charge in [-0.25, -0.2) is 0 Å². The highest BCUT2D eigenvalue weighted by Crippen LogP contribution is 2.37. The van der Waals surface area contributed by atoms with Gasteiger partial charge < -0.3 is 0 Å². The maximum Gasteiger partial charge on any atom is 0.0204 e. The molecular formula is C9H20S2. The van der Waals surface area contributed by atoms with Crippen LogP contribution in [0.5, 0.6) is 0 Å². The third-order valence-corrected chi connectivity index (χ3v) is 5.24. The van der Waals surface area contributed by atoms with Gasteiger partial charge in [-0.3, -0.25) is 0 Å². The first-order chi connectivity index (χ1) is 5.12. The molecule has 0 aromatic carbocycles. The summed E-state index contributed by atoms with van der Waals surface area (Å²) in [4.78, 5) is 0. The predicted octanol–water partition coefficient (Wildman–Crippen LogP) is 4.36. The Morgan fingerprint density at radius 2 is 1.82 bits per heavy atom. The molecule has 0 aliphatic carbocycles. The van der Waals surface area contributed by atoms with Crippen molar-refractivity contribution in [3.8, 4) is 0 Å². The predicted molar refractivity (Wildman–Crippen MR) is 59.3 cm³/mol. The number of unbranched alkanes of at least 4 members (excludes halogenated alkanes) is 1. The third kappa shape index (κ3) is 7.07. The topological polar surface area (TPSA) is 0 Å². The zero-order chi connectivity index (χ0) is 8.74. The summed E-state index contributed by atoms with van der Waals surface area (Å²) < 4.78 is 0.471. The molecule has 0 spiro atoms. The van der Waals surface area contributed by atoms with Crippen molar-refractivity contribution in [3.05, 3.63) is 0 Å². The second-order valence-corrected chi connectivity index (χ2v) is 6.50. The van der Waals surface area contributed by atoms with E-state index in [1.807, 2.05) is 21.6 Å². The van der Waals surface area contributed by atoms with Crippen LogP contribution >= 0.6 is 21.6 Å². The molecule has 0 aliphatic heterocycles. The highest BCUT2D eigenvalue weighted by molar-refractivity contribution is 8.77. The van der Waals surface area contributed by atoms with Gasteiger partial charge in [-0.2, -0.15) is 0 Å². The fourth-order valence-electron chi connectivity index (χ4n) is 0.463. The molecule has 0 unspecified atom stereocenters. The van der Waals surface area contributed by atoms with Gasteiger partial charge >= 0.3 is 0 Å². The Bertz CT molecular complexity index is 89.6. The van der Waals surface area contributed by atoms with E-state index in [9.17, 15) is 0 Å². The number of hydrogen-bond donors (Lipinski definition) is 0. The lowest BCUT2D eigenvalue weighted by Gasteiger charge is -2.20. The van der Waals surface area contributed by atoms with Crippen LogP contribution in [0.3, 0.4) is 0 Å². The molecule has 0 bridgehead atoms. The first-order valence-corrected chi connectivity index (χ1v) is 6.75. The van der Waals surface area contributed by atoms with E-state index >= 15 is 0 Å². The monoisotopic (exact) mass is 192 g/mol. The molecule has 0 rings (SSSR count). The molecule has 0 saturated heterocycles.